The number of rotatable bonds is 9. The number of nitrogens with two attached hydrogens (primary N) is 1. The molecule has 33 heavy (non-hydrogen) atoms. The van der Waals surface area contributed by atoms with Gasteiger partial charge >= 0.3 is 0 Å². The lowest BCUT2D eigenvalue weighted by Crippen LogP contribution is -2.20. The van der Waals surface area contributed by atoms with E-state index >= 15 is 0 Å². The molecule has 12 heteroatoms. The molecule has 0 aliphatic rings. The number of aromatic nitrogens is 2. The van der Waals surface area contributed by atoms with Gasteiger partial charge in [0.15, 0.2) is 11.5 Å². The largest absolute Gasteiger partial charge is 0.493 e. The van der Waals surface area contributed by atoms with Gasteiger partial charge in [-0.3, -0.25) is 0 Å². The van der Waals surface area contributed by atoms with Crippen LogP contribution in [0.25, 0.3) is 0 Å². The molecule has 0 aliphatic heterocycles. The fourth-order valence-corrected chi connectivity index (χ4v) is 4.15. The topological polar surface area (TPSA) is 141 Å². The van der Waals surface area contributed by atoms with Gasteiger partial charge in [-0.25, -0.2) is 18.5 Å². The van der Waals surface area contributed by atoms with Gasteiger partial charge in [0.1, 0.15) is 10.7 Å². The fourth-order valence-electron chi connectivity index (χ4n) is 3.18. The molecule has 0 spiro atoms. The number of hydrogen-bond acceptors (Lipinski definition) is 10. The average Bonchev–Trinajstić information content (AvgIpc) is 2.77. The van der Waals surface area contributed by atoms with Gasteiger partial charge in [-0.2, -0.15) is 4.98 Å². The molecule has 1 heterocycles. The average molecular weight is 475 g/mol. The number of hydrogen-bond donors (Lipinski definition) is 3. The monoisotopic (exact) mass is 474 g/mol. The van der Waals surface area contributed by atoms with Crippen LogP contribution in [0.1, 0.15) is 0 Å². The highest BCUT2D eigenvalue weighted by molar-refractivity contribution is 7.89. The van der Waals surface area contributed by atoms with Crippen molar-refractivity contribution in [3.8, 4) is 17.2 Å². The van der Waals surface area contributed by atoms with Crippen molar-refractivity contribution in [1.82, 2.24) is 9.97 Å². The third-order valence-electron chi connectivity index (χ3n) is 4.60. The minimum Gasteiger partial charge on any atom is -0.493 e. The second kappa shape index (κ2) is 9.79. The van der Waals surface area contributed by atoms with Gasteiger partial charge in [0.2, 0.25) is 21.7 Å². The fraction of sp³-hybridized carbons (Fsp3) is 0.238. The second-order valence-corrected chi connectivity index (χ2v) is 8.52. The first-order valence-corrected chi connectivity index (χ1v) is 11.2. The summed E-state index contributed by atoms with van der Waals surface area (Å²) in [5, 5.41) is 11.6. The van der Waals surface area contributed by atoms with Gasteiger partial charge in [-0.05, 0) is 18.2 Å². The van der Waals surface area contributed by atoms with E-state index in [1.54, 1.807) is 55.4 Å². The number of methoxy groups -OCH3 is 3. The molecule has 11 nitrogen and oxygen atoms in total. The van der Waals surface area contributed by atoms with Crippen LogP contribution < -0.4 is 34.9 Å². The van der Waals surface area contributed by atoms with E-state index in [2.05, 4.69) is 20.6 Å². The van der Waals surface area contributed by atoms with Gasteiger partial charge < -0.3 is 29.7 Å². The highest BCUT2D eigenvalue weighted by Crippen LogP contribution is 2.40. The van der Waals surface area contributed by atoms with Crippen molar-refractivity contribution < 1.29 is 22.6 Å². The summed E-state index contributed by atoms with van der Waals surface area (Å²) in [7, 11) is 4.02. The van der Waals surface area contributed by atoms with Crippen molar-refractivity contribution in [3.05, 3.63) is 42.6 Å². The molecule has 2 aromatic carbocycles. The molecule has 1 aromatic heterocycles. The van der Waals surface area contributed by atoms with E-state index in [1.807, 2.05) is 0 Å². The summed E-state index contributed by atoms with van der Waals surface area (Å²) in [6.45, 7) is 0. The molecular formula is C21H26N6O5S. The molecule has 0 bridgehead atoms. The molecule has 4 N–H and O–H groups in total. The Balaban J connectivity index is 1.95. The lowest BCUT2D eigenvalue weighted by molar-refractivity contribution is 0.324. The number of sulfonamides is 1. The summed E-state index contributed by atoms with van der Waals surface area (Å²) < 4.78 is 40.6. The zero-order chi connectivity index (χ0) is 24.2. The SMILES string of the molecule is COc1cc(Nc2nccc(Nc3cccc(N(C)C)c3S(N)(=O)=O)n2)cc(OC)c1OC. The number of primary sulfonamides is 1. The zero-order valence-electron chi connectivity index (χ0n) is 18.9. The molecule has 0 unspecified atom stereocenters. The molecule has 3 rings (SSSR count). The summed E-state index contributed by atoms with van der Waals surface area (Å²) in [4.78, 5) is 10.3. The Hall–Kier alpha value is -3.77. The molecule has 0 saturated heterocycles. The van der Waals surface area contributed by atoms with Gasteiger partial charge in [0, 0.05) is 38.1 Å². The van der Waals surface area contributed by atoms with E-state index in [0.717, 1.165) is 0 Å². The molecule has 0 saturated carbocycles. The van der Waals surface area contributed by atoms with Gasteiger partial charge in [-0.15, -0.1) is 0 Å². The van der Waals surface area contributed by atoms with Crippen LogP contribution in [-0.4, -0.2) is 53.8 Å². The standard InChI is InChI=1S/C21H26N6O5S/c1-27(2)15-8-6-7-14(20(15)33(22,28)29)25-18-9-10-23-21(26-18)24-13-11-16(30-3)19(32-5)17(12-13)31-4/h6-12H,1-5H3,(H2,22,28,29)(H2,23,24,25,26). The van der Waals surface area contributed by atoms with E-state index in [4.69, 9.17) is 19.3 Å². The minimum atomic E-state index is -4.01. The van der Waals surface area contributed by atoms with Gasteiger partial charge in [0.05, 0.1) is 32.7 Å². The van der Waals surface area contributed by atoms with Crippen LogP contribution >= 0.6 is 0 Å². The molecule has 3 aromatic rings. The molecule has 0 radical (unpaired) electrons. The molecule has 0 fully saturated rings. The van der Waals surface area contributed by atoms with Crippen LogP contribution in [0.2, 0.25) is 0 Å². The maximum Gasteiger partial charge on any atom is 0.242 e. The Morgan fingerprint density at radius 3 is 2.18 bits per heavy atom. The third-order valence-corrected chi connectivity index (χ3v) is 5.60. The molecule has 0 atom stereocenters. The number of nitrogens with zero attached hydrogens (tertiary/aromatic N) is 3. The van der Waals surface area contributed by atoms with E-state index < -0.39 is 10.0 Å². The predicted octanol–water partition coefficient (Wildman–Crippen LogP) is 2.70. The minimum absolute atomic E-state index is 0.0345. The molecular weight excluding hydrogens is 448 g/mol. The summed E-state index contributed by atoms with van der Waals surface area (Å²) >= 11 is 0. The Morgan fingerprint density at radius 1 is 0.970 bits per heavy atom. The maximum atomic E-state index is 12.3. The van der Waals surface area contributed by atoms with E-state index in [9.17, 15) is 8.42 Å². The van der Waals surface area contributed by atoms with Gasteiger partial charge in [0.25, 0.3) is 0 Å². The summed E-state index contributed by atoms with van der Waals surface area (Å²) in [6, 6.07) is 10.0. The first-order chi connectivity index (χ1) is 15.7. The lowest BCUT2D eigenvalue weighted by Gasteiger charge is -2.19. The van der Waals surface area contributed by atoms with E-state index in [-0.39, 0.29) is 10.8 Å². The highest BCUT2D eigenvalue weighted by atomic mass is 32.2. The number of benzene rings is 2. The quantitative estimate of drug-likeness (QED) is 0.424. The maximum absolute atomic E-state index is 12.3. The Bertz CT molecular complexity index is 1220. The van der Waals surface area contributed by atoms with E-state index in [1.165, 1.54) is 27.5 Å². The Kier molecular flexibility index (Phi) is 7.09. The van der Waals surface area contributed by atoms with Crippen LogP contribution in [0.5, 0.6) is 17.2 Å². The zero-order valence-corrected chi connectivity index (χ0v) is 19.7. The number of anilines is 5. The summed E-state index contributed by atoms with van der Waals surface area (Å²) in [6.07, 6.45) is 1.53. The van der Waals surface area contributed by atoms with E-state index in [0.29, 0.717) is 40.1 Å². The summed E-state index contributed by atoms with van der Waals surface area (Å²) in [5.74, 6) is 2.01. The van der Waals surface area contributed by atoms with Crippen molar-refractivity contribution in [1.29, 1.82) is 0 Å². The van der Waals surface area contributed by atoms with Crippen LogP contribution in [0.3, 0.4) is 0 Å². The predicted molar refractivity (Wildman–Crippen MR) is 127 cm³/mol. The lowest BCUT2D eigenvalue weighted by atomic mass is 10.2. The number of ether oxygens (including phenoxy) is 3. The molecule has 176 valence electrons. The van der Waals surface area contributed by atoms with Crippen LogP contribution in [0.15, 0.2) is 47.5 Å². The third kappa shape index (κ3) is 5.35. The molecule has 0 aliphatic carbocycles. The van der Waals surface area contributed by atoms with Crippen molar-refractivity contribution in [3.63, 3.8) is 0 Å². The van der Waals surface area contributed by atoms with Crippen molar-refractivity contribution in [2.24, 2.45) is 5.14 Å². The smallest absolute Gasteiger partial charge is 0.242 e. The highest BCUT2D eigenvalue weighted by Gasteiger charge is 2.21. The summed E-state index contributed by atoms with van der Waals surface area (Å²) in [5.41, 5.74) is 1.34. The van der Waals surface area contributed by atoms with Gasteiger partial charge in [-0.1, -0.05) is 6.07 Å². The van der Waals surface area contributed by atoms with Crippen LogP contribution in [0, 0.1) is 0 Å². The second-order valence-electron chi connectivity index (χ2n) is 7.02. The van der Waals surface area contributed by atoms with Crippen LogP contribution in [-0.2, 0) is 10.0 Å². The normalized spacial score (nSPS) is 11.0. The first kappa shape index (κ1) is 23.9. The van der Waals surface area contributed by atoms with Crippen LogP contribution in [0.4, 0.5) is 28.8 Å². The molecule has 0 amide bonds. The number of nitrogens with one attached hydrogen (secondary N) is 2. The Morgan fingerprint density at radius 2 is 1.64 bits per heavy atom. The van der Waals surface area contributed by atoms with Crippen molar-refractivity contribution >= 4 is 38.9 Å². The first-order valence-electron chi connectivity index (χ1n) is 9.68. The van der Waals surface area contributed by atoms with Crippen molar-refractivity contribution in [2.75, 3.05) is 51.0 Å². The van der Waals surface area contributed by atoms with Crippen molar-refractivity contribution in [2.45, 2.75) is 4.90 Å². The Labute approximate surface area is 192 Å².